The number of unbranched alkanes of at least 4 members (excludes halogenated alkanes) is 45. The number of hydrogen-bond donors (Lipinski definition) is 2. The predicted molar refractivity (Wildman–Crippen MR) is 293 cm³/mol. The summed E-state index contributed by atoms with van der Waals surface area (Å²) in [5.74, 6) is 7.12. The first kappa shape index (κ1) is 63.1. The third-order valence-corrected chi connectivity index (χ3v) is 14.2. The smallest absolute Gasteiger partial charge is 0.265 e. The van der Waals surface area contributed by atoms with E-state index in [1.54, 1.807) is 12.1 Å². The van der Waals surface area contributed by atoms with Crippen molar-refractivity contribution in [1.82, 2.24) is 5.43 Å². The van der Waals surface area contributed by atoms with Crippen molar-refractivity contribution in [3.05, 3.63) is 17.7 Å². The van der Waals surface area contributed by atoms with Crippen molar-refractivity contribution >= 4 is 5.91 Å². The Bertz CT molecular complexity index is 1100. The molecule has 0 fully saturated rings. The molecule has 0 aliphatic rings. The topological polar surface area (TPSA) is 82.8 Å². The fourth-order valence-corrected chi connectivity index (χ4v) is 9.64. The van der Waals surface area contributed by atoms with Gasteiger partial charge >= 0.3 is 0 Å². The standard InChI is InChI=1S/C61H116N2O4/c1-4-7-10-13-16-19-22-25-28-31-34-37-40-43-46-49-52-65-58-55-57(61(64)63-62)56-59(66-53-50-47-44-41-38-35-32-29-26-23-20-17-14-11-8-5-2)60(58)67-54-51-48-45-42-39-36-33-30-27-24-21-18-15-12-9-6-3/h55-56H,4-54,62H2,1-3H3,(H,63,64). The van der Waals surface area contributed by atoms with Crippen LogP contribution >= 0.6 is 0 Å². The normalized spacial score (nSPS) is 11.4. The largest absolute Gasteiger partial charge is 0.490 e. The van der Waals surface area contributed by atoms with Gasteiger partial charge in [-0.15, -0.1) is 0 Å². The Labute approximate surface area is 418 Å². The van der Waals surface area contributed by atoms with Gasteiger partial charge in [0.1, 0.15) is 0 Å². The van der Waals surface area contributed by atoms with Gasteiger partial charge in [-0.25, -0.2) is 5.84 Å². The molecule has 0 spiro atoms. The molecule has 6 nitrogen and oxygen atoms in total. The predicted octanol–water partition coefficient (Wildman–Crippen LogP) is 20.2. The van der Waals surface area contributed by atoms with E-state index in [0.717, 1.165) is 38.5 Å². The molecule has 1 amide bonds. The molecule has 394 valence electrons. The van der Waals surface area contributed by atoms with E-state index in [1.807, 2.05) is 0 Å². The Morgan fingerprint density at radius 3 is 0.731 bits per heavy atom. The van der Waals surface area contributed by atoms with Crippen LogP contribution in [0.15, 0.2) is 12.1 Å². The lowest BCUT2D eigenvalue weighted by Crippen LogP contribution is -2.30. The minimum atomic E-state index is -0.344. The number of nitrogens with two attached hydrogens (primary N) is 1. The van der Waals surface area contributed by atoms with Gasteiger partial charge in [0, 0.05) is 5.56 Å². The van der Waals surface area contributed by atoms with E-state index in [2.05, 4.69) is 26.2 Å². The van der Waals surface area contributed by atoms with Crippen LogP contribution in [0.5, 0.6) is 17.2 Å². The molecule has 0 saturated carbocycles. The highest BCUT2D eigenvalue weighted by Crippen LogP contribution is 2.40. The molecule has 0 unspecified atom stereocenters. The molecule has 6 heteroatoms. The van der Waals surface area contributed by atoms with Crippen LogP contribution in [0.4, 0.5) is 0 Å². The molecule has 3 N–H and O–H groups in total. The highest BCUT2D eigenvalue weighted by molar-refractivity contribution is 5.95. The molecule has 0 saturated heterocycles. The van der Waals surface area contributed by atoms with Crippen LogP contribution in [-0.2, 0) is 0 Å². The Kier molecular flexibility index (Phi) is 48.8. The maximum Gasteiger partial charge on any atom is 0.265 e. The van der Waals surface area contributed by atoms with E-state index in [9.17, 15) is 4.79 Å². The van der Waals surface area contributed by atoms with Gasteiger partial charge in [0.05, 0.1) is 19.8 Å². The van der Waals surface area contributed by atoms with Gasteiger partial charge in [-0.3, -0.25) is 10.2 Å². The number of nitrogens with one attached hydrogen (secondary N) is 1. The molecular formula is C61H116N2O4. The Morgan fingerprint density at radius 1 is 0.328 bits per heavy atom. The third-order valence-electron chi connectivity index (χ3n) is 14.2. The molecule has 1 aromatic carbocycles. The molecule has 0 aliphatic heterocycles. The second-order valence-corrected chi connectivity index (χ2v) is 20.7. The van der Waals surface area contributed by atoms with Crippen LogP contribution in [0, 0.1) is 0 Å². The summed E-state index contributed by atoms with van der Waals surface area (Å²) < 4.78 is 19.4. The van der Waals surface area contributed by atoms with Crippen molar-refractivity contribution < 1.29 is 19.0 Å². The molecule has 0 heterocycles. The summed E-state index contributed by atoms with van der Waals surface area (Å²) in [7, 11) is 0. The van der Waals surface area contributed by atoms with E-state index < -0.39 is 0 Å². The Morgan fingerprint density at radius 2 is 0.522 bits per heavy atom. The summed E-state index contributed by atoms with van der Waals surface area (Å²) in [5, 5.41) is 0. The quantitative estimate of drug-likeness (QED) is 0.0294. The summed E-state index contributed by atoms with van der Waals surface area (Å²) in [4.78, 5) is 12.8. The molecular weight excluding hydrogens is 825 g/mol. The van der Waals surface area contributed by atoms with E-state index >= 15 is 0 Å². The van der Waals surface area contributed by atoms with Crippen molar-refractivity contribution in [3.63, 3.8) is 0 Å². The summed E-state index contributed by atoms with van der Waals surface area (Å²) in [6, 6.07) is 3.58. The molecule has 1 aromatic rings. The van der Waals surface area contributed by atoms with Gasteiger partial charge in [0.15, 0.2) is 11.5 Å². The van der Waals surface area contributed by atoms with Crippen molar-refractivity contribution in [2.24, 2.45) is 5.84 Å². The van der Waals surface area contributed by atoms with Gasteiger partial charge in [0.25, 0.3) is 5.91 Å². The maximum atomic E-state index is 12.8. The third kappa shape index (κ3) is 41.5. The SMILES string of the molecule is CCCCCCCCCCCCCCCCCCOc1cc(C(=O)NN)cc(OCCCCCCCCCCCCCCCCCC)c1OCCCCCCCCCCCCCCCCCC. The highest BCUT2D eigenvalue weighted by Gasteiger charge is 2.19. The summed E-state index contributed by atoms with van der Waals surface area (Å²) in [6.45, 7) is 8.70. The first-order chi connectivity index (χ1) is 33.2. The van der Waals surface area contributed by atoms with Gasteiger partial charge < -0.3 is 14.2 Å². The monoisotopic (exact) mass is 941 g/mol. The Hall–Kier alpha value is -1.95. The van der Waals surface area contributed by atoms with Crippen molar-refractivity contribution in [3.8, 4) is 17.2 Å². The van der Waals surface area contributed by atoms with E-state index in [4.69, 9.17) is 20.1 Å². The maximum absolute atomic E-state index is 12.8. The lowest BCUT2D eigenvalue weighted by atomic mass is 10.0. The number of carbonyl (C=O) groups excluding carboxylic acids is 1. The van der Waals surface area contributed by atoms with Crippen LogP contribution in [0.25, 0.3) is 0 Å². The zero-order valence-electron chi connectivity index (χ0n) is 45.4. The number of amides is 1. The second-order valence-electron chi connectivity index (χ2n) is 20.7. The average Bonchev–Trinajstić information content (AvgIpc) is 3.34. The minimum Gasteiger partial charge on any atom is -0.490 e. The van der Waals surface area contributed by atoms with Crippen LogP contribution in [-0.4, -0.2) is 25.7 Å². The number of hydrogen-bond acceptors (Lipinski definition) is 5. The zero-order valence-corrected chi connectivity index (χ0v) is 45.4. The number of nitrogen functional groups attached to an aromatic ring is 1. The van der Waals surface area contributed by atoms with Gasteiger partial charge in [-0.2, -0.15) is 0 Å². The Balaban J connectivity index is 2.51. The molecule has 0 radical (unpaired) electrons. The molecule has 67 heavy (non-hydrogen) atoms. The van der Waals surface area contributed by atoms with E-state index in [1.165, 1.54) is 270 Å². The minimum absolute atomic E-state index is 0.344. The molecule has 1 rings (SSSR count). The number of rotatable bonds is 55. The molecule has 0 aliphatic carbocycles. The molecule has 0 aromatic heterocycles. The zero-order chi connectivity index (χ0) is 48.2. The molecule has 0 bridgehead atoms. The van der Waals surface area contributed by atoms with Crippen molar-refractivity contribution in [1.29, 1.82) is 0 Å². The first-order valence-electron chi connectivity index (χ1n) is 30.2. The summed E-state index contributed by atoms with van der Waals surface area (Å²) >= 11 is 0. The second kappa shape index (κ2) is 51.9. The van der Waals surface area contributed by atoms with Crippen LogP contribution in [0.1, 0.15) is 339 Å². The summed E-state index contributed by atoms with van der Waals surface area (Å²) in [5.41, 5.74) is 2.76. The van der Waals surface area contributed by atoms with Crippen LogP contribution in [0.3, 0.4) is 0 Å². The highest BCUT2D eigenvalue weighted by atomic mass is 16.5. The number of hydrazine groups is 1. The lowest BCUT2D eigenvalue weighted by Gasteiger charge is -2.19. The van der Waals surface area contributed by atoms with Gasteiger partial charge in [-0.05, 0) is 31.4 Å². The van der Waals surface area contributed by atoms with Gasteiger partial charge in [0.2, 0.25) is 5.75 Å². The van der Waals surface area contributed by atoms with Crippen molar-refractivity contribution in [2.45, 2.75) is 329 Å². The van der Waals surface area contributed by atoms with Crippen molar-refractivity contribution in [2.75, 3.05) is 19.8 Å². The lowest BCUT2D eigenvalue weighted by molar-refractivity contribution is 0.0952. The molecule has 0 atom stereocenters. The first-order valence-corrected chi connectivity index (χ1v) is 30.2. The number of ether oxygens (including phenoxy) is 3. The fourth-order valence-electron chi connectivity index (χ4n) is 9.64. The van der Waals surface area contributed by atoms with Crippen LogP contribution in [0.2, 0.25) is 0 Å². The average molecular weight is 942 g/mol. The van der Waals surface area contributed by atoms with E-state index in [0.29, 0.717) is 42.6 Å². The van der Waals surface area contributed by atoms with Crippen LogP contribution < -0.4 is 25.5 Å². The fraction of sp³-hybridized carbons (Fsp3) is 0.885. The summed E-state index contributed by atoms with van der Waals surface area (Å²) in [6.07, 6.45) is 64.5. The number of carbonyl (C=O) groups is 1. The van der Waals surface area contributed by atoms with E-state index in [-0.39, 0.29) is 5.91 Å². The number of benzene rings is 1. The van der Waals surface area contributed by atoms with Gasteiger partial charge in [-0.1, -0.05) is 310 Å².